The Hall–Kier alpha value is -0.910. The van der Waals surface area contributed by atoms with Gasteiger partial charge in [-0.25, -0.2) is 4.98 Å². The molecule has 106 valence electrons. The van der Waals surface area contributed by atoms with Crippen LogP contribution in [0.15, 0.2) is 18.7 Å². The second kappa shape index (κ2) is 5.61. The molecule has 0 N–H and O–H groups in total. The van der Waals surface area contributed by atoms with Crippen molar-refractivity contribution in [2.45, 2.75) is 32.1 Å². The number of piperidine rings is 1. The molecule has 0 bridgehead atoms. The highest BCUT2D eigenvalue weighted by Gasteiger charge is 2.41. The van der Waals surface area contributed by atoms with Crippen LogP contribution in [0.4, 0.5) is 0 Å². The zero-order valence-electron chi connectivity index (χ0n) is 11.6. The van der Waals surface area contributed by atoms with Crippen molar-refractivity contribution in [2.75, 3.05) is 32.8 Å². The number of imidazole rings is 1. The highest BCUT2D eigenvalue weighted by molar-refractivity contribution is 4.85. The number of aromatic nitrogens is 2. The first-order valence-corrected chi connectivity index (χ1v) is 7.22. The molecular formula is C14H23N3O2. The number of hydrogen-bond acceptors (Lipinski definition) is 4. The lowest BCUT2D eigenvalue weighted by atomic mass is 9.90. The van der Waals surface area contributed by atoms with Crippen molar-refractivity contribution in [3.05, 3.63) is 18.7 Å². The predicted octanol–water partition coefficient (Wildman–Crippen LogP) is 1.36. The van der Waals surface area contributed by atoms with Gasteiger partial charge in [-0.3, -0.25) is 0 Å². The molecule has 5 nitrogen and oxygen atoms in total. The first-order chi connectivity index (χ1) is 9.26. The van der Waals surface area contributed by atoms with Crippen molar-refractivity contribution in [2.24, 2.45) is 5.92 Å². The van der Waals surface area contributed by atoms with Crippen LogP contribution in [-0.2, 0) is 16.0 Å². The van der Waals surface area contributed by atoms with Crippen LogP contribution in [0.5, 0.6) is 0 Å². The minimum absolute atomic E-state index is 0.353. The molecule has 1 aromatic rings. The standard InChI is InChI=1S/C14H23N3O2/c1-14(18-9-10-19-14)13-3-2-5-16(11-13)7-8-17-6-4-15-12-17/h4,6,12-13H,2-3,5,7-11H2,1H3/t13-/m0/s1. The van der Waals surface area contributed by atoms with Crippen molar-refractivity contribution in [1.82, 2.24) is 14.5 Å². The Balaban J connectivity index is 1.53. The quantitative estimate of drug-likeness (QED) is 0.824. The van der Waals surface area contributed by atoms with E-state index in [1.165, 1.54) is 19.4 Å². The van der Waals surface area contributed by atoms with E-state index < -0.39 is 0 Å². The number of rotatable bonds is 4. The molecule has 0 amide bonds. The summed E-state index contributed by atoms with van der Waals surface area (Å²) in [5, 5.41) is 0. The van der Waals surface area contributed by atoms with Gasteiger partial charge in [0.1, 0.15) is 0 Å². The van der Waals surface area contributed by atoms with Crippen molar-refractivity contribution in [3.63, 3.8) is 0 Å². The minimum atomic E-state index is -0.353. The van der Waals surface area contributed by atoms with Crippen LogP contribution in [-0.4, -0.2) is 53.1 Å². The van der Waals surface area contributed by atoms with Crippen molar-refractivity contribution >= 4 is 0 Å². The SMILES string of the molecule is CC1([C@H]2CCCN(CCn3ccnc3)C2)OCCO1. The maximum absolute atomic E-state index is 5.81. The number of nitrogens with zero attached hydrogens (tertiary/aromatic N) is 3. The van der Waals surface area contributed by atoms with Crippen LogP contribution in [0.3, 0.4) is 0 Å². The predicted molar refractivity (Wildman–Crippen MR) is 71.7 cm³/mol. The Morgan fingerprint density at radius 1 is 1.32 bits per heavy atom. The molecule has 2 fully saturated rings. The molecule has 0 saturated carbocycles. The summed E-state index contributed by atoms with van der Waals surface area (Å²) in [4.78, 5) is 6.60. The highest BCUT2D eigenvalue weighted by atomic mass is 16.7. The maximum atomic E-state index is 5.81. The lowest BCUT2D eigenvalue weighted by Gasteiger charge is -2.39. The van der Waals surface area contributed by atoms with E-state index in [9.17, 15) is 0 Å². The monoisotopic (exact) mass is 265 g/mol. The molecule has 5 heteroatoms. The third-order valence-electron chi connectivity index (χ3n) is 4.34. The van der Waals surface area contributed by atoms with Crippen LogP contribution in [0.1, 0.15) is 19.8 Å². The fourth-order valence-corrected chi connectivity index (χ4v) is 3.13. The summed E-state index contributed by atoms with van der Waals surface area (Å²) in [6, 6.07) is 0. The van der Waals surface area contributed by atoms with E-state index in [0.29, 0.717) is 5.92 Å². The zero-order chi connectivity index (χ0) is 13.1. The fraction of sp³-hybridized carbons (Fsp3) is 0.786. The molecule has 0 radical (unpaired) electrons. The van der Waals surface area contributed by atoms with Crippen LogP contribution >= 0.6 is 0 Å². The van der Waals surface area contributed by atoms with Gasteiger partial charge in [-0.05, 0) is 26.3 Å². The van der Waals surface area contributed by atoms with Gasteiger partial charge >= 0.3 is 0 Å². The molecule has 1 atom stereocenters. The average molecular weight is 265 g/mol. The second-order valence-electron chi connectivity index (χ2n) is 5.65. The van der Waals surface area contributed by atoms with Crippen molar-refractivity contribution in [3.8, 4) is 0 Å². The molecule has 2 aliphatic heterocycles. The van der Waals surface area contributed by atoms with Gasteiger partial charge in [-0.15, -0.1) is 0 Å². The van der Waals surface area contributed by atoms with Gasteiger partial charge in [0.05, 0.1) is 19.5 Å². The normalized spacial score (nSPS) is 27.7. The van der Waals surface area contributed by atoms with E-state index in [1.54, 1.807) is 0 Å². The molecule has 19 heavy (non-hydrogen) atoms. The second-order valence-corrected chi connectivity index (χ2v) is 5.65. The Morgan fingerprint density at radius 2 is 2.16 bits per heavy atom. The van der Waals surface area contributed by atoms with E-state index in [4.69, 9.17) is 9.47 Å². The van der Waals surface area contributed by atoms with Gasteiger partial charge in [-0.1, -0.05) is 0 Å². The van der Waals surface area contributed by atoms with Crippen molar-refractivity contribution in [1.29, 1.82) is 0 Å². The molecule has 3 heterocycles. The topological polar surface area (TPSA) is 39.5 Å². The smallest absolute Gasteiger partial charge is 0.169 e. The molecule has 3 rings (SSSR count). The van der Waals surface area contributed by atoms with Gasteiger partial charge in [-0.2, -0.15) is 0 Å². The molecule has 0 aliphatic carbocycles. The Labute approximate surface area is 114 Å². The Morgan fingerprint density at radius 3 is 2.89 bits per heavy atom. The van der Waals surface area contributed by atoms with Crippen LogP contribution in [0.25, 0.3) is 0 Å². The third kappa shape index (κ3) is 2.99. The van der Waals surface area contributed by atoms with Crippen LogP contribution < -0.4 is 0 Å². The molecule has 2 saturated heterocycles. The molecule has 0 spiro atoms. The number of ether oxygens (including phenoxy) is 2. The lowest BCUT2D eigenvalue weighted by Crippen LogP contribution is -2.47. The summed E-state index contributed by atoms with van der Waals surface area (Å²) < 4.78 is 13.8. The van der Waals surface area contributed by atoms with Crippen LogP contribution in [0.2, 0.25) is 0 Å². The van der Waals surface area contributed by atoms with Gasteiger partial charge in [0.25, 0.3) is 0 Å². The van der Waals surface area contributed by atoms with E-state index >= 15 is 0 Å². The summed E-state index contributed by atoms with van der Waals surface area (Å²) in [7, 11) is 0. The number of likely N-dealkylation sites (tertiary alicyclic amines) is 1. The highest BCUT2D eigenvalue weighted by Crippen LogP contribution is 2.33. The Bertz CT molecular complexity index is 387. The molecule has 2 aliphatic rings. The first kappa shape index (κ1) is 13.1. The lowest BCUT2D eigenvalue weighted by molar-refractivity contribution is -0.192. The van der Waals surface area contributed by atoms with Crippen molar-refractivity contribution < 1.29 is 9.47 Å². The molecule has 0 aromatic carbocycles. The van der Waals surface area contributed by atoms with E-state index in [0.717, 1.165) is 32.8 Å². The molecular weight excluding hydrogens is 242 g/mol. The van der Waals surface area contributed by atoms with E-state index in [1.807, 2.05) is 18.7 Å². The van der Waals surface area contributed by atoms with E-state index in [2.05, 4.69) is 21.4 Å². The molecule has 1 aromatic heterocycles. The summed E-state index contributed by atoms with van der Waals surface area (Å²) >= 11 is 0. The van der Waals surface area contributed by atoms with Gasteiger partial charge in [0.2, 0.25) is 0 Å². The van der Waals surface area contributed by atoms with Gasteiger partial charge < -0.3 is 18.9 Å². The van der Waals surface area contributed by atoms with Gasteiger partial charge in [0.15, 0.2) is 5.79 Å². The van der Waals surface area contributed by atoms with Gasteiger partial charge in [0, 0.05) is 37.9 Å². The van der Waals surface area contributed by atoms with Crippen LogP contribution in [0, 0.1) is 5.92 Å². The maximum Gasteiger partial charge on any atom is 0.169 e. The summed E-state index contributed by atoms with van der Waals surface area (Å²) in [5.41, 5.74) is 0. The summed E-state index contributed by atoms with van der Waals surface area (Å²) in [6.07, 6.45) is 8.17. The fourth-order valence-electron chi connectivity index (χ4n) is 3.13. The first-order valence-electron chi connectivity index (χ1n) is 7.22. The molecule has 0 unspecified atom stereocenters. The van der Waals surface area contributed by atoms with E-state index in [-0.39, 0.29) is 5.79 Å². The Kier molecular flexibility index (Phi) is 3.86. The third-order valence-corrected chi connectivity index (χ3v) is 4.34. The number of hydrogen-bond donors (Lipinski definition) is 0. The summed E-state index contributed by atoms with van der Waals surface area (Å²) in [5.74, 6) is 0.139. The summed E-state index contributed by atoms with van der Waals surface area (Å²) in [6.45, 7) is 7.91. The minimum Gasteiger partial charge on any atom is -0.347 e. The largest absolute Gasteiger partial charge is 0.347 e. The average Bonchev–Trinajstić information content (AvgIpc) is 3.09. The zero-order valence-corrected chi connectivity index (χ0v) is 11.6.